The molecule has 0 spiro atoms. The molecule has 0 aliphatic carbocycles. The molecule has 0 aromatic heterocycles. The molecule has 1 aromatic carbocycles. The summed E-state index contributed by atoms with van der Waals surface area (Å²) in [4.78, 5) is 38.5. The Hall–Kier alpha value is -3.14. The minimum absolute atomic E-state index is 0.242. The van der Waals surface area contributed by atoms with Crippen LogP contribution in [0.1, 0.15) is 24.2 Å². The Kier molecular flexibility index (Phi) is 7.96. The van der Waals surface area contributed by atoms with E-state index >= 15 is 0 Å². The third-order valence-corrected chi connectivity index (χ3v) is 4.01. The summed E-state index contributed by atoms with van der Waals surface area (Å²) in [5.41, 5.74) is 8.90. The molecule has 0 N–H and O–H groups in total. The molecule has 0 bridgehead atoms. The van der Waals surface area contributed by atoms with Gasteiger partial charge in [-0.15, -0.1) is 0 Å². The van der Waals surface area contributed by atoms with E-state index in [0.717, 1.165) is 13.8 Å². The van der Waals surface area contributed by atoms with Crippen LogP contribution >= 0.6 is 0 Å². The minimum Gasteiger partial charge on any atom is -0.454 e. The molecule has 11 nitrogen and oxygen atoms in total. The first-order valence-corrected chi connectivity index (χ1v) is 8.67. The maximum Gasteiger partial charge on any atom is 0.338 e. The number of ether oxygens (including phenoxy) is 5. The highest BCUT2D eigenvalue weighted by molar-refractivity contribution is 5.89. The van der Waals surface area contributed by atoms with Gasteiger partial charge in [-0.3, -0.25) is 9.59 Å². The van der Waals surface area contributed by atoms with Gasteiger partial charge < -0.3 is 23.7 Å². The van der Waals surface area contributed by atoms with Gasteiger partial charge in [0, 0.05) is 25.9 Å². The van der Waals surface area contributed by atoms with Crippen LogP contribution in [0.25, 0.3) is 10.4 Å². The van der Waals surface area contributed by atoms with E-state index in [1.54, 1.807) is 18.2 Å². The highest BCUT2D eigenvalue weighted by Crippen LogP contribution is 2.30. The molecule has 2 rings (SSSR count). The Morgan fingerprint density at radius 2 is 1.66 bits per heavy atom. The lowest BCUT2D eigenvalue weighted by atomic mass is 9.97. The third kappa shape index (κ3) is 5.92. The molecule has 1 aromatic rings. The van der Waals surface area contributed by atoms with E-state index in [0.29, 0.717) is 0 Å². The zero-order valence-corrected chi connectivity index (χ0v) is 16.1. The van der Waals surface area contributed by atoms with Crippen LogP contribution in [0.4, 0.5) is 0 Å². The molecule has 1 aliphatic heterocycles. The lowest BCUT2D eigenvalue weighted by Crippen LogP contribution is -2.62. The van der Waals surface area contributed by atoms with Gasteiger partial charge >= 0.3 is 17.9 Å². The van der Waals surface area contributed by atoms with E-state index in [9.17, 15) is 14.4 Å². The summed E-state index contributed by atoms with van der Waals surface area (Å²) in [5.74, 6) is -2.11. The summed E-state index contributed by atoms with van der Waals surface area (Å²) in [5, 5.41) is 3.45. The molecule has 5 atom stereocenters. The molecule has 0 unspecified atom stereocenters. The summed E-state index contributed by atoms with van der Waals surface area (Å²) in [6.07, 6.45) is -5.85. The number of esters is 3. The molecule has 11 heteroatoms. The van der Waals surface area contributed by atoms with Gasteiger partial charge in [-0.05, 0) is 17.7 Å². The zero-order chi connectivity index (χ0) is 21.4. The Morgan fingerprint density at radius 1 is 1.03 bits per heavy atom. The van der Waals surface area contributed by atoms with Gasteiger partial charge in [-0.25, -0.2) is 4.79 Å². The monoisotopic (exact) mass is 407 g/mol. The normalized spacial score (nSPS) is 26.0. The number of carbonyl (C=O) groups excluding carboxylic acids is 3. The zero-order valence-electron chi connectivity index (χ0n) is 16.1. The molecule has 1 heterocycles. The first kappa shape index (κ1) is 22.2. The summed E-state index contributed by atoms with van der Waals surface area (Å²) < 4.78 is 26.9. The average Bonchev–Trinajstić information content (AvgIpc) is 2.69. The van der Waals surface area contributed by atoms with Crippen molar-refractivity contribution < 1.29 is 38.1 Å². The van der Waals surface area contributed by atoms with Crippen molar-refractivity contribution in [2.45, 2.75) is 44.6 Å². The lowest BCUT2D eigenvalue weighted by Gasteiger charge is -2.43. The molecule has 0 amide bonds. The Morgan fingerprint density at radius 3 is 2.21 bits per heavy atom. The van der Waals surface area contributed by atoms with Crippen LogP contribution in [0.5, 0.6) is 0 Å². The lowest BCUT2D eigenvalue weighted by molar-refractivity contribution is -0.293. The third-order valence-electron chi connectivity index (χ3n) is 4.01. The molecule has 0 radical (unpaired) electrons. The van der Waals surface area contributed by atoms with Gasteiger partial charge in [0.1, 0.15) is 6.10 Å². The summed E-state index contributed by atoms with van der Waals surface area (Å²) in [6, 6.07) is 8.11. The number of carbonyl (C=O) groups is 3. The quantitative estimate of drug-likeness (QED) is 0.218. The highest BCUT2D eigenvalue weighted by atomic mass is 16.7. The van der Waals surface area contributed by atoms with Crippen LogP contribution in [0.15, 0.2) is 35.4 Å². The van der Waals surface area contributed by atoms with E-state index in [2.05, 4.69) is 10.0 Å². The van der Waals surface area contributed by atoms with Gasteiger partial charge in [0.05, 0.1) is 12.1 Å². The van der Waals surface area contributed by atoms with Crippen LogP contribution < -0.4 is 0 Å². The average molecular weight is 407 g/mol. The molecular weight excluding hydrogens is 386 g/mol. The number of hydrogen-bond donors (Lipinski definition) is 0. The summed E-state index contributed by atoms with van der Waals surface area (Å²) in [7, 11) is 1.30. The van der Waals surface area contributed by atoms with Gasteiger partial charge in [0.2, 0.25) is 0 Å². The predicted molar refractivity (Wildman–Crippen MR) is 96.4 cm³/mol. The number of methoxy groups -OCH3 is 1. The smallest absolute Gasteiger partial charge is 0.338 e. The molecule has 29 heavy (non-hydrogen) atoms. The molecule has 1 saturated heterocycles. The molecular formula is C18H21N3O8. The van der Waals surface area contributed by atoms with E-state index in [1.807, 2.05) is 0 Å². The Balaban J connectivity index is 2.40. The second-order valence-corrected chi connectivity index (χ2v) is 6.08. The summed E-state index contributed by atoms with van der Waals surface area (Å²) in [6.45, 7) is 2.07. The van der Waals surface area contributed by atoms with Crippen LogP contribution in [-0.4, -0.2) is 62.3 Å². The first-order valence-electron chi connectivity index (χ1n) is 8.67. The van der Waals surface area contributed by atoms with Crippen molar-refractivity contribution >= 4 is 17.9 Å². The number of rotatable bonds is 7. The molecule has 1 aliphatic rings. The number of benzene rings is 1. The van der Waals surface area contributed by atoms with Crippen molar-refractivity contribution in [3.63, 3.8) is 0 Å². The number of hydrogen-bond acceptors (Lipinski definition) is 9. The van der Waals surface area contributed by atoms with Crippen LogP contribution in [0.3, 0.4) is 0 Å². The molecule has 156 valence electrons. The topological polar surface area (TPSA) is 146 Å². The Bertz CT molecular complexity index is 781. The van der Waals surface area contributed by atoms with E-state index in [4.69, 9.17) is 29.2 Å². The van der Waals surface area contributed by atoms with Gasteiger partial charge in [-0.2, -0.15) is 0 Å². The van der Waals surface area contributed by atoms with E-state index in [-0.39, 0.29) is 12.1 Å². The molecule has 1 fully saturated rings. The van der Waals surface area contributed by atoms with Crippen molar-refractivity contribution in [1.82, 2.24) is 0 Å². The van der Waals surface area contributed by atoms with Crippen LogP contribution in [-0.2, 0) is 33.3 Å². The van der Waals surface area contributed by atoms with Crippen molar-refractivity contribution in [3.8, 4) is 0 Å². The van der Waals surface area contributed by atoms with Crippen molar-refractivity contribution in [2.75, 3.05) is 13.7 Å². The van der Waals surface area contributed by atoms with Crippen molar-refractivity contribution in [1.29, 1.82) is 0 Å². The second-order valence-electron chi connectivity index (χ2n) is 6.08. The fourth-order valence-corrected chi connectivity index (χ4v) is 2.88. The first-order chi connectivity index (χ1) is 13.9. The van der Waals surface area contributed by atoms with Crippen LogP contribution in [0, 0.1) is 0 Å². The predicted octanol–water partition coefficient (Wildman–Crippen LogP) is 1.76. The Labute approximate surface area is 166 Å². The highest BCUT2D eigenvalue weighted by Gasteiger charge is 2.52. The van der Waals surface area contributed by atoms with Gasteiger partial charge in [0.15, 0.2) is 24.6 Å². The van der Waals surface area contributed by atoms with E-state index < -0.39 is 48.6 Å². The fraction of sp³-hybridized carbons (Fsp3) is 0.500. The molecule has 0 saturated carbocycles. The van der Waals surface area contributed by atoms with Crippen LogP contribution in [0.2, 0.25) is 0 Å². The summed E-state index contributed by atoms with van der Waals surface area (Å²) >= 11 is 0. The number of nitrogens with zero attached hydrogens (tertiary/aromatic N) is 3. The SMILES string of the molecule is CO[C@H]1O[C@@H](CN=[N+]=[N-])[C@H](OC(=O)c2ccccc2)[C@H](OC(C)=O)[C@H]1OC(C)=O. The van der Waals surface area contributed by atoms with Gasteiger partial charge in [0.25, 0.3) is 0 Å². The largest absolute Gasteiger partial charge is 0.454 e. The van der Waals surface area contributed by atoms with Gasteiger partial charge in [-0.1, -0.05) is 23.3 Å². The second kappa shape index (κ2) is 10.4. The number of azide groups is 1. The maximum atomic E-state index is 12.6. The standard InChI is InChI=1S/C18H21N3O8/c1-10(22)26-15-14(29-17(24)12-7-5-4-6-8-12)13(9-20-21-19)28-18(25-3)16(15)27-11(2)23/h4-8,13-16,18H,9H2,1-3H3/t13-,14-,15-,16+,18-/m0/s1. The fourth-order valence-electron chi connectivity index (χ4n) is 2.88. The maximum absolute atomic E-state index is 12.6. The van der Waals surface area contributed by atoms with E-state index in [1.165, 1.54) is 19.2 Å². The van der Waals surface area contributed by atoms with Crippen molar-refractivity contribution in [3.05, 3.63) is 46.3 Å². The minimum atomic E-state index is -1.25. The van der Waals surface area contributed by atoms with Crippen molar-refractivity contribution in [2.24, 2.45) is 5.11 Å².